The number of para-hydroxylation sites is 1. The van der Waals surface area contributed by atoms with E-state index in [9.17, 15) is 9.18 Å². The van der Waals surface area contributed by atoms with Gasteiger partial charge in [0.05, 0.1) is 5.69 Å². The maximum absolute atomic E-state index is 13.5. The van der Waals surface area contributed by atoms with Crippen molar-refractivity contribution in [2.75, 3.05) is 16.4 Å². The Morgan fingerprint density at radius 3 is 2.70 bits per heavy atom. The quantitative estimate of drug-likeness (QED) is 0.750. The molecule has 2 rings (SSSR count). The van der Waals surface area contributed by atoms with Gasteiger partial charge in [-0.3, -0.25) is 4.79 Å². The van der Waals surface area contributed by atoms with Gasteiger partial charge in [0.25, 0.3) is 0 Å². The number of nitrogen functional groups attached to an aromatic ring is 1. The first kappa shape index (κ1) is 13.9. The number of hydrogen-bond donors (Lipinski definition) is 3. The summed E-state index contributed by atoms with van der Waals surface area (Å²) in [5, 5.41) is 5.59. The molecule has 0 aliphatic rings. The Bertz CT molecular complexity index is 628. The molecular formula is C15H16FN3O. The summed E-state index contributed by atoms with van der Waals surface area (Å²) in [7, 11) is 0. The number of anilines is 3. The monoisotopic (exact) mass is 273 g/mol. The first-order valence-corrected chi connectivity index (χ1v) is 6.20. The number of benzene rings is 2. The van der Waals surface area contributed by atoms with Crippen LogP contribution in [0.1, 0.15) is 12.5 Å². The highest BCUT2D eigenvalue weighted by atomic mass is 19.1. The number of carbonyl (C=O) groups excluding carboxylic acids is 1. The lowest BCUT2D eigenvalue weighted by atomic mass is 10.1. The number of halogens is 1. The summed E-state index contributed by atoms with van der Waals surface area (Å²) in [5.74, 6) is -0.779. The van der Waals surface area contributed by atoms with Crippen LogP contribution in [-0.4, -0.2) is 5.91 Å². The molecule has 0 atom stereocenters. The third-order valence-corrected chi connectivity index (χ3v) is 2.82. The molecule has 0 spiro atoms. The Morgan fingerprint density at radius 1 is 1.25 bits per heavy atom. The Labute approximate surface area is 116 Å². The van der Waals surface area contributed by atoms with Gasteiger partial charge in [-0.15, -0.1) is 0 Å². The van der Waals surface area contributed by atoms with Gasteiger partial charge in [-0.2, -0.15) is 0 Å². The van der Waals surface area contributed by atoms with Crippen LogP contribution in [-0.2, 0) is 11.3 Å². The van der Waals surface area contributed by atoms with Crippen molar-refractivity contribution >= 4 is 23.0 Å². The van der Waals surface area contributed by atoms with Gasteiger partial charge < -0.3 is 16.4 Å². The zero-order chi connectivity index (χ0) is 14.5. The molecule has 104 valence electrons. The minimum Gasteiger partial charge on any atom is -0.398 e. The van der Waals surface area contributed by atoms with E-state index in [0.717, 1.165) is 5.56 Å². The second-order valence-corrected chi connectivity index (χ2v) is 4.43. The third kappa shape index (κ3) is 3.47. The van der Waals surface area contributed by atoms with Crippen molar-refractivity contribution < 1.29 is 9.18 Å². The molecule has 5 heteroatoms. The van der Waals surface area contributed by atoms with Gasteiger partial charge in [-0.1, -0.05) is 18.2 Å². The smallest absolute Gasteiger partial charge is 0.221 e. The maximum atomic E-state index is 13.5. The summed E-state index contributed by atoms with van der Waals surface area (Å²) in [5.41, 5.74) is 8.37. The van der Waals surface area contributed by atoms with E-state index in [-0.39, 0.29) is 11.6 Å². The second-order valence-electron chi connectivity index (χ2n) is 4.43. The maximum Gasteiger partial charge on any atom is 0.221 e. The van der Waals surface area contributed by atoms with Crippen LogP contribution in [0, 0.1) is 5.82 Å². The zero-order valence-corrected chi connectivity index (χ0v) is 11.1. The fraction of sp³-hybridized carbons (Fsp3) is 0.133. The number of amides is 1. The predicted molar refractivity (Wildman–Crippen MR) is 78.9 cm³/mol. The van der Waals surface area contributed by atoms with Gasteiger partial charge in [0.1, 0.15) is 5.82 Å². The second kappa shape index (κ2) is 6.06. The van der Waals surface area contributed by atoms with Crippen LogP contribution in [0.15, 0.2) is 42.5 Å². The lowest BCUT2D eigenvalue weighted by Crippen LogP contribution is -2.08. The molecular weight excluding hydrogens is 257 g/mol. The summed E-state index contributed by atoms with van der Waals surface area (Å²) >= 11 is 0. The number of nitrogens with one attached hydrogen (secondary N) is 2. The average Bonchev–Trinajstić information content (AvgIpc) is 2.40. The number of rotatable bonds is 4. The van der Waals surface area contributed by atoms with Gasteiger partial charge in [0, 0.05) is 24.8 Å². The number of nitrogens with two attached hydrogens (primary N) is 1. The summed E-state index contributed by atoms with van der Waals surface area (Å²) in [6, 6.07) is 12.0. The molecule has 0 saturated carbocycles. The topological polar surface area (TPSA) is 67.2 Å². The fourth-order valence-electron chi connectivity index (χ4n) is 1.81. The lowest BCUT2D eigenvalue weighted by molar-refractivity contribution is -0.114. The van der Waals surface area contributed by atoms with Crippen molar-refractivity contribution in [3.05, 3.63) is 53.8 Å². The zero-order valence-electron chi connectivity index (χ0n) is 11.1. The molecule has 4 nitrogen and oxygen atoms in total. The van der Waals surface area contributed by atoms with Crippen molar-refractivity contribution in [2.24, 2.45) is 0 Å². The Morgan fingerprint density at radius 2 is 2.00 bits per heavy atom. The predicted octanol–water partition coefficient (Wildman–Crippen LogP) is 2.98. The molecule has 0 aliphatic heterocycles. The van der Waals surface area contributed by atoms with E-state index in [4.69, 9.17) is 5.73 Å². The summed E-state index contributed by atoms with van der Waals surface area (Å²) in [6.45, 7) is 1.86. The molecule has 1 amide bonds. The largest absolute Gasteiger partial charge is 0.398 e. The van der Waals surface area contributed by atoms with Crippen molar-refractivity contribution in [2.45, 2.75) is 13.5 Å². The highest BCUT2D eigenvalue weighted by Crippen LogP contribution is 2.21. The molecule has 4 N–H and O–H groups in total. The van der Waals surface area contributed by atoms with Gasteiger partial charge in [-0.25, -0.2) is 4.39 Å². The normalized spacial score (nSPS) is 10.1. The molecule has 0 aromatic heterocycles. The molecule has 2 aromatic rings. The lowest BCUT2D eigenvalue weighted by Gasteiger charge is -2.11. The van der Waals surface area contributed by atoms with E-state index in [1.807, 2.05) is 24.3 Å². The van der Waals surface area contributed by atoms with Crippen molar-refractivity contribution in [1.29, 1.82) is 0 Å². The molecule has 0 fully saturated rings. The first-order valence-electron chi connectivity index (χ1n) is 6.20. The van der Waals surface area contributed by atoms with E-state index >= 15 is 0 Å². The molecule has 0 unspecified atom stereocenters. The molecule has 0 heterocycles. The van der Waals surface area contributed by atoms with Crippen LogP contribution in [0.2, 0.25) is 0 Å². The summed E-state index contributed by atoms with van der Waals surface area (Å²) in [6.07, 6.45) is 0. The van der Waals surface area contributed by atoms with Crippen molar-refractivity contribution in [3.63, 3.8) is 0 Å². The minimum absolute atomic E-state index is 0.156. The van der Waals surface area contributed by atoms with Gasteiger partial charge in [0.15, 0.2) is 0 Å². The molecule has 20 heavy (non-hydrogen) atoms. The number of carbonyl (C=O) groups is 1. The Kier molecular flexibility index (Phi) is 4.20. The van der Waals surface area contributed by atoms with Crippen LogP contribution in [0.3, 0.4) is 0 Å². The minimum atomic E-state index is -0.468. The standard InChI is InChI=1S/C15H16FN3O/c1-10(20)19-15-8-12(6-7-13(15)16)18-9-11-4-2-3-5-14(11)17/h2-8,18H,9,17H2,1H3,(H,19,20). The van der Waals surface area contributed by atoms with Gasteiger partial charge in [0.2, 0.25) is 5.91 Å². The van der Waals surface area contributed by atoms with Crippen molar-refractivity contribution in [3.8, 4) is 0 Å². The Balaban J connectivity index is 2.10. The molecule has 0 bridgehead atoms. The summed E-state index contributed by atoms with van der Waals surface area (Å²) in [4.78, 5) is 11.0. The average molecular weight is 273 g/mol. The van der Waals surface area contributed by atoms with Crippen LogP contribution in [0.5, 0.6) is 0 Å². The highest BCUT2D eigenvalue weighted by Gasteiger charge is 2.05. The van der Waals surface area contributed by atoms with E-state index in [2.05, 4.69) is 10.6 Å². The van der Waals surface area contributed by atoms with E-state index in [1.54, 1.807) is 12.1 Å². The molecule has 0 aliphatic carbocycles. The van der Waals surface area contributed by atoms with Crippen LogP contribution in [0.4, 0.5) is 21.5 Å². The fourth-order valence-corrected chi connectivity index (χ4v) is 1.81. The summed E-state index contributed by atoms with van der Waals surface area (Å²) < 4.78 is 13.5. The van der Waals surface area contributed by atoms with E-state index in [1.165, 1.54) is 13.0 Å². The van der Waals surface area contributed by atoms with Crippen LogP contribution in [0.25, 0.3) is 0 Å². The molecule has 0 radical (unpaired) electrons. The highest BCUT2D eigenvalue weighted by molar-refractivity contribution is 5.89. The van der Waals surface area contributed by atoms with Gasteiger partial charge in [-0.05, 0) is 29.8 Å². The molecule has 2 aromatic carbocycles. The molecule has 0 saturated heterocycles. The first-order chi connectivity index (χ1) is 9.56. The van der Waals surface area contributed by atoms with E-state index < -0.39 is 5.82 Å². The third-order valence-electron chi connectivity index (χ3n) is 2.82. The van der Waals surface area contributed by atoms with Crippen molar-refractivity contribution in [1.82, 2.24) is 0 Å². The number of hydrogen-bond acceptors (Lipinski definition) is 3. The Hall–Kier alpha value is -2.56. The van der Waals surface area contributed by atoms with Gasteiger partial charge >= 0.3 is 0 Å². The SMILES string of the molecule is CC(=O)Nc1cc(NCc2ccccc2N)ccc1F. The van der Waals surface area contributed by atoms with Crippen LogP contribution < -0.4 is 16.4 Å². The van der Waals surface area contributed by atoms with E-state index in [0.29, 0.717) is 17.9 Å². The van der Waals surface area contributed by atoms with Crippen LogP contribution >= 0.6 is 0 Å².